The Labute approximate surface area is 175 Å². The fourth-order valence-electron chi connectivity index (χ4n) is 3.16. The molecule has 10 nitrogen and oxygen atoms in total. The lowest BCUT2D eigenvalue weighted by Crippen LogP contribution is -2.50. The number of carbonyl (C=O) groups excluding carboxylic acids is 2. The van der Waals surface area contributed by atoms with Gasteiger partial charge in [-0.15, -0.1) is 0 Å². The SMILES string of the molecule is CNS(=O)(=O)c1cc(NC(=O)CN2CCN(C(=O)c3cnccn3)CC2)ccc1C. The van der Waals surface area contributed by atoms with Crippen LogP contribution in [0.5, 0.6) is 0 Å². The third-order valence-electron chi connectivity index (χ3n) is 4.84. The number of aromatic nitrogens is 2. The Morgan fingerprint density at radius 1 is 1.13 bits per heavy atom. The third kappa shape index (κ3) is 5.17. The van der Waals surface area contributed by atoms with Crippen LogP contribution in [0, 0.1) is 6.92 Å². The second kappa shape index (κ2) is 9.28. The Morgan fingerprint density at radius 3 is 2.50 bits per heavy atom. The van der Waals surface area contributed by atoms with E-state index < -0.39 is 10.0 Å². The van der Waals surface area contributed by atoms with Gasteiger partial charge in [0.25, 0.3) is 5.91 Å². The van der Waals surface area contributed by atoms with E-state index in [0.717, 1.165) is 0 Å². The molecule has 0 spiro atoms. The van der Waals surface area contributed by atoms with Gasteiger partial charge in [0.1, 0.15) is 5.69 Å². The van der Waals surface area contributed by atoms with Crippen LogP contribution in [-0.4, -0.2) is 79.8 Å². The molecule has 0 saturated carbocycles. The fraction of sp³-hybridized carbons (Fsp3) is 0.368. The number of sulfonamides is 1. The average Bonchev–Trinajstić information content (AvgIpc) is 2.75. The van der Waals surface area contributed by atoms with Crippen LogP contribution in [0.4, 0.5) is 5.69 Å². The Balaban J connectivity index is 1.54. The summed E-state index contributed by atoms with van der Waals surface area (Å²) in [5.74, 6) is -0.425. The zero-order valence-corrected chi connectivity index (χ0v) is 17.6. The molecule has 3 rings (SSSR count). The van der Waals surface area contributed by atoms with Crippen molar-refractivity contribution in [3.63, 3.8) is 0 Å². The largest absolute Gasteiger partial charge is 0.335 e. The number of piperazine rings is 1. The van der Waals surface area contributed by atoms with Gasteiger partial charge in [-0.1, -0.05) is 6.07 Å². The average molecular weight is 433 g/mol. The van der Waals surface area contributed by atoms with Crippen molar-refractivity contribution in [3.8, 4) is 0 Å². The first-order valence-corrected chi connectivity index (χ1v) is 10.9. The predicted molar refractivity (Wildman–Crippen MR) is 110 cm³/mol. The van der Waals surface area contributed by atoms with Crippen LogP contribution in [-0.2, 0) is 14.8 Å². The maximum atomic E-state index is 12.4. The summed E-state index contributed by atoms with van der Waals surface area (Å²) in [5.41, 5.74) is 1.30. The van der Waals surface area contributed by atoms with E-state index in [9.17, 15) is 18.0 Å². The van der Waals surface area contributed by atoms with E-state index in [1.165, 1.54) is 31.7 Å². The summed E-state index contributed by atoms with van der Waals surface area (Å²) in [5, 5.41) is 2.74. The van der Waals surface area contributed by atoms with Crippen molar-refractivity contribution in [2.24, 2.45) is 0 Å². The maximum absolute atomic E-state index is 12.4. The van der Waals surface area contributed by atoms with Gasteiger partial charge in [-0.05, 0) is 31.7 Å². The summed E-state index contributed by atoms with van der Waals surface area (Å²) < 4.78 is 26.5. The number of rotatable bonds is 6. The second-order valence-corrected chi connectivity index (χ2v) is 8.75. The van der Waals surface area contributed by atoms with Crippen LogP contribution in [0.1, 0.15) is 16.1 Å². The maximum Gasteiger partial charge on any atom is 0.274 e. The van der Waals surface area contributed by atoms with Crippen molar-refractivity contribution in [2.45, 2.75) is 11.8 Å². The van der Waals surface area contributed by atoms with Gasteiger partial charge in [0.15, 0.2) is 0 Å². The van der Waals surface area contributed by atoms with Crippen molar-refractivity contribution in [1.29, 1.82) is 0 Å². The van der Waals surface area contributed by atoms with Gasteiger partial charge < -0.3 is 10.2 Å². The first-order valence-electron chi connectivity index (χ1n) is 9.42. The number of nitrogens with one attached hydrogen (secondary N) is 2. The molecule has 1 fully saturated rings. The molecule has 1 aromatic heterocycles. The van der Waals surface area contributed by atoms with E-state index in [4.69, 9.17) is 0 Å². The summed E-state index contributed by atoms with van der Waals surface area (Å²) in [6.45, 7) is 3.90. The van der Waals surface area contributed by atoms with E-state index >= 15 is 0 Å². The lowest BCUT2D eigenvalue weighted by molar-refractivity contribution is -0.117. The molecule has 11 heteroatoms. The molecule has 1 saturated heterocycles. The minimum absolute atomic E-state index is 0.124. The van der Waals surface area contributed by atoms with Gasteiger partial charge in [0.05, 0.1) is 17.6 Å². The highest BCUT2D eigenvalue weighted by molar-refractivity contribution is 7.89. The number of hydrogen-bond donors (Lipinski definition) is 2. The van der Waals surface area contributed by atoms with Gasteiger partial charge in [-0.25, -0.2) is 18.1 Å². The van der Waals surface area contributed by atoms with Gasteiger partial charge >= 0.3 is 0 Å². The smallest absolute Gasteiger partial charge is 0.274 e. The molecule has 1 aromatic carbocycles. The fourth-order valence-corrected chi connectivity index (χ4v) is 4.16. The molecule has 2 aromatic rings. The summed E-state index contributed by atoms with van der Waals surface area (Å²) in [6.07, 6.45) is 4.43. The van der Waals surface area contributed by atoms with E-state index in [1.54, 1.807) is 24.0 Å². The standard InChI is InChI=1S/C19H24N6O4S/c1-14-3-4-15(11-17(14)30(28,29)20-2)23-18(26)13-24-7-9-25(10-8-24)19(27)16-12-21-5-6-22-16/h3-6,11-12,20H,7-10,13H2,1-2H3,(H,23,26). The van der Waals surface area contributed by atoms with E-state index in [1.807, 2.05) is 4.90 Å². The summed E-state index contributed by atoms with van der Waals surface area (Å²) in [6, 6.07) is 4.76. The Bertz CT molecular complexity index is 1020. The van der Waals surface area contributed by atoms with Crippen LogP contribution < -0.4 is 10.0 Å². The summed E-state index contributed by atoms with van der Waals surface area (Å²) >= 11 is 0. The van der Waals surface area contributed by atoms with Crippen LogP contribution in [0.15, 0.2) is 41.7 Å². The molecule has 0 radical (unpaired) electrons. The topological polar surface area (TPSA) is 125 Å². The number of nitrogens with zero attached hydrogens (tertiary/aromatic N) is 4. The highest BCUT2D eigenvalue weighted by Gasteiger charge is 2.24. The lowest BCUT2D eigenvalue weighted by atomic mass is 10.2. The molecule has 0 atom stereocenters. The van der Waals surface area contributed by atoms with Crippen molar-refractivity contribution < 1.29 is 18.0 Å². The Kier molecular flexibility index (Phi) is 6.75. The number of hydrogen-bond acceptors (Lipinski definition) is 7. The van der Waals surface area contributed by atoms with Crippen LogP contribution in [0.2, 0.25) is 0 Å². The minimum atomic E-state index is -3.61. The molecule has 30 heavy (non-hydrogen) atoms. The predicted octanol–water partition coefficient (Wildman–Crippen LogP) is 0.0896. The van der Waals surface area contributed by atoms with Crippen LogP contribution in [0.25, 0.3) is 0 Å². The zero-order chi connectivity index (χ0) is 21.7. The molecule has 1 aliphatic rings. The summed E-state index contributed by atoms with van der Waals surface area (Å²) in [4.78, 5) is 36.5. The molecule has 160 valence electrons. The van der Waals surface area contributed by atoms with Gasteiger partial charge in [-0.3, -0.25) is 19.5 Å². The summed E-state index contributed by atoms with van der Waals surface area (Å²) in [7, 11) is -2.27. The highest BCUT2D eigenvalue weighted by atomic mass is 32.2. The van der Waals surface area contributed by atoms with Gasteiger partial charge in [0.2, 0.25) is 15.9 Å². The molecule has 1 aliphatic heterocycles. The normalized spacial score (nSPS) is 15.1. The highest BCUT2D eigenvalue weighted by Crippen LogP contribution is 2.20. The minimum Gasteiger partial charge on any atom is -0.335 e. The number of benzene rings is 1. The van der Waals surface area contributed by atoms with Gasteiger partial charge in [0, 0.05) is 44.3 Å². The lowest BCUT2D eigenvalue weighted by Gasteiger charge is -2.34. The molecular weight excluding hydrogens is 408 g/mol. The molecular formula is C19H24N6O4S. The Morgan fingerprint density at radius 2 is 1.87 bits per heavy atom. The van der Waals surface area contributed by atoms with Crippen molar-refractivity contribution in [1.82, 2.24) is 24.5 Å². The number of amides is 2. The monoisotopic (exact) mass is 432 g/mol. The zero-order valence-electron chi connectivity index (χ0n) is 16.8. The van der Waals surface area contributed by atoms with E-state index in [2.05, 4.69) is 20.0 Å². The third-order valence-corrected chi connectivity index (χ3v) is 6.40. The Hall–Kier alpha value is -2.89. The van der Waals surface area contributed by atoms with Crippen LogP contribution >= 0.6 is 0 Å². The van der Waals surface area contributed by atoms with Crippen molar-refractivity contribution in [3.05, 3.63) is 48.0 Å². The first-order chi connectivity index (χ1) is 14.3. The number of aryl methyl sites for hydroxylation is 1. The molecule has 2 amide bonds. The van der Waals surface area contributed by atoms with Crippen LogP contribution in [0.3, 0.4) is 0 Å². The molecule has 0 bridgehead atoms. The van der Waals surface area contributed by atoms with E-state index in [-0.39, 0.29) is 23.3 Å². The van der Waals surface area contributed by atoms with Crippen molar-refractivity contribution in [2.75, 3.05) is 45.1 Å². The number of anilines is 1. The number of carbonyl (C=O) groups is 2. The molecule has 2 N–H and O–H groups in total. The van der Waals surface area contributed by atoms with Gasteiger partial charge in [-0.2, -0.15) is 0 Å². The quantitative estimate of drug-likeness (QED) is 0.663. The molecule has 0 aliphatic carbocycles. The van der Waals surface area contributed by atoms with E-state index in [0.29, 0.717) is 43.1 Å². The first kappa shape index (κ1) is 21.8. The molecule has 0 unspecified atom stereocenters. The second-order valence-electron chi connectivity index (χ2n) is 6.90. The molecule has 2 heterocycles. The van der Waals surface area contributed by atoms with Crippen molar-refractivity contribution >= 4 is 27.5 Å².